The maximum absolute atomic E-state index is 10.4. The van der Waals surface area contributed by atoms with Crippen molar-refractivity contribution in [3.8, 4) is 0 Å². The second-order valence-corrected chi connectivity index (χ2v) is 6.18. The molecule has 1 N–H and O–H groups in total. The summed E-state index contributed by atoms with van der Waals surface area (Å²) >= 11 is 6.34. The molecular weight excluding hydrogens is 260 g/mol. The van der Waals surface area contributed by atoms with Crippen molar-refractivity contribution in [2.75, 3.05) is 0 Å². The standard InChI is InChI=1S/C15H25ClN2O/c1-4-10-6-7-11(8-10)14(19)9-13-15(16)12(5-2)17-18(13)3/h10-11,14,19H,4-9H2,1-3H3. The van der Waals surface area contributed by atoms with Gasteiger partial charge in [-0.1, -0.05) is 38.3 Å². The van der Waals surface area contributed by atoms with Gasteiger partial charge in [-0.2, -0.15) is 5.10 Å². The van der Waals surface area contributed by atoms with Crippen molar-refractivity contribution in [1.29, 1.82) is 0 Å². The molecule has 3 atom stereocenters. The van der Waals surface area contributed by atoms with Gasteiger partial charge in [0.15, 0.2) is 0 Å². The summed E-state index contributed by atoms with van der Waals surface area (Å²) in [6, 6.07) is 0. The molecule has 1 fully saturated rings. The van der Waals surface area contributed by atoms with Crippen molar-refractivity contribution < 1.29 is 5.11 Å². The lowest BCUT2D eigenvalue weighted by Crippen LogP contribution is -2.22. The minimum atomic E-state index is -0.283. The van der Waals surface area contributed by atoms with Gasteiger partial charge in [0, 0.05) is 13.5 Å². The third kappa shape index (κ3) is 3.14. The van der Waals surface area contributed by atoms with Crippen LogP contribution in [0.1, 0.15) is 50.9 Å². The van der Waals surface area contributed by atoms with Gasteiger partial charge in [-0.3, -0.25) is 4.68 Å². The molecular formula is C15H25ClN2O. The monoisotopic (exact) mass is 284 g/mol. The molecule has 0 amide bonds. The van der Waals surface area contributed by atoms with Crippen LogP contribution in [0.25, 0.3) is 0 Å². The Labute approximate surface area is 121 Å². The molecule has 4 heteroatoms. The molecule has 19 heavy (non-hydrogen) atoms. The third-order valence-electron chi connectivity index (χ3n) is 4.61. The van der Waals surface area contributed by atoms with Gasteiger partial charge in [-0.05, 0) is 31.1 Å². The van der Waals surface area contributed by atoms with Crippen molar-refractivity contribution in [2.45, 2.75) is 58.5 Å². The zero-order chi connectivity index (χ0) is 14.0. The first kappa shape index (κ1) is 14.9. The lowest BCUT2D eigenvalue weighted by Gasteiger charge is -2.18. The fraction of sp³-hybridized carbons (Fsp3) is 0.800. The van der Waals surface area contributed by atoms with E-state index in [0.717, 1.165) is 41.6 Å². The van der Waals surface area contributed by atoms with E-state index in [-0.39, 0.29) is 6.10 Å². The van der Waals surface area contributed by atoms with Crippen LogP contribution in [-0.2, 0) is 19.9 Å². The number of aliphatic hydroxyl groups excluding tert-OH is 1. The van der Waals surface area contributed by atoms with E-state index in [0.29, 0.717) is 12.3 Å². The Balaban J connectivity index is 2.03. The average Bonchev–Trinajstić information content (AvgIpc) is 2.98. The molecule has 3 nitrogen and oxygen atoms in total. The van der Waals surface area contributed by atoms with Gasteiger partial charge in [-0.15, -0.1) is 0 Å². The van der Waals surface area contributed by atoms with E-state index < -0.39 is 0 Å². The molecule has 1 aromatic rings. The van der Waals surface area contributed by atoms with Gasteiger partial charge in [-0.25, -0.2) is 0 Å². The first-order valence-electron chi connectivity index (χ1n) is 7.45. The molecule has 0 aromatic carbocycles. The molecule has 0 radical (unpaired) electrons. The highest BCUT2D eigenvalue weighted by Crippen LogP contribution is 2.36. The van der Waals surface area contributed by atoms with E-state index in [1.807, 2.05) is 11.7 Å². The number of aliphatic hydroxyl groups is 1. The Morgan fingerprint density at radius 2 is 2.16 bits per heavy atom. The van der Waals surface area contributed by atoms with Crippen LogP contribution in [0.2, 0.25) is 5.02 Å². The summed E-state index contributed by atoms with van der Waals surface area (Å²) < 4.78 is 1.83. The minimum Gasteiger partial charge on any atom is -0.392 e. The van der Waals surface area contributed by atoms with Gasteiger partial charge in [0.2, 0.25) is 0 Å². The fourth-order valence-electron chi connectivity index (χ4n) is 3.24. The van der Waals surface area contributed by atoms with Crippen LogP contribution >= 0.6 is 11.6 Å². The van der Waals surface area contributed by atoms with E-state index in [1.165, 1.54) is 12.8 Å². The number of aryl methyl sites for hydroxylation is 2. The quantitative estimate of drug-likeness (QED) is 0.900. The second-order valence-electron chi connectivity index (χ2n) is 5.80. The predicted molar refractivity (Wildman–Crippen MR) is 78.4 cm³/mol. The topological polar surface area (TPSA) is 38.0 Å². The van der Waals surface area contributed by atoms with Crippen LogP contribution < -0.4 is 0 Å². The molecule has 0 bridgehead atoms. The first-order chi connectivity index (χ1) is 9.06. The van der Waals surface area contributed by atoms with Crippen LogP contribution in [0.15, 0.2) is 0 Å². The first-order valence-corrected chi connectivity index (χ1v) is 7.82. The summed E-state index contributed by atoms with van der Waals surface area (Å²) in [6.07, 6.45) is 5.98. The third-order valence-corrected chi connectivity index (χ3v) is 5.05. The van der Waals surface area contributed by atoms with E-state index in [2.05, 4.69) is 18.9 Å². The Kier molecular flexibility index (Phi) is 4.91. The molecule has 1 aliphatic carbocycles. The minimum absolute atomic E-state index is 0.283. The molecule has 1 saturated carbocycles. The molecule has 0 spiro atoms. The van der Waals surface area contributed by atoms with Crippen molar-refractivity contribution >= 4 is 11.6 Å². The SMILES string of the molecule is CCc1nn(C)c(CC(O)C2CCC(CC)C2)c1Cl. The largest absolute Gasteiger partial charge is 0.392 e. The van der Waals surface area contributed by atoms with E-state index in [1.54, 1.807) is 0 Å². The second kappa shape index (κ2) is 6.27. The zero-order valence-corrected chi connectivity index (χ0v) is 13.0. The van der Waals surface area contributed by atoms with Crippen LogP contribution in [0, 0.1) is 11.8 Å². The Bertz CT molecular complexity index is 430. The highest BCUT2D eigenvalue weighted by molar-refractivity contribution is 6.31. The lowest BCUT2D eigenvalue weighted by molar-refractivity contribution is 0.106. The number of halogens is 1. The van der Waals surface area contributed by atoms with Crippen molar-refractivity contribution in [3.63, 3.8) is 0 Å². The maximum Gasteiger partial charge on any atom is 0.0850 e. The van der Waals surface area contributed by atoms with Crippen LogP contribution in [-0.4, -0.2) is 21.0 Å². The number of rotatable bonds is 5. The van der Waals surface area contributed by atoms with Crippen LogP contribution in [0.3, 0.4) is 0 Å². The highest BCUT2D eigenvalue weighted by atomic mass is 35.5. The number of hydrogen-bond donors (Lipinski definition) is 1. The van der Waals surface area contributed by atoms with Crippen LogP contribution in [0.4, 0.5) is 0 Å². The van der Waals surface area contributed by atoms with Gasteiger partial charge in [0.05, 0.1) is 22.5 Å². The normalized spacial score (nSPS) is 24.9. The average molecular weight is 285 g/mol. The molecule has 2 rings (SSSR count). The Morgan fingerprint density at radius 3 is 2.68 bits per heavy atom. The van der Waals surface area contributed by atoms with Crippen LogP contribution in [0.5, 0.6) is 0 Å². The van der Waals surface area contributed by atoms with Crippen molar-refractivity contribution in [2.24, 2.45) is 18.9 Å². The Hall–Kier alpha value is -0.540. The summed E-state index contributed by atoms with van der Waals surface area (Å²) in [4.78, 5) is 0. The summed E-state index contributed by atoms with van der Waals surface area (Å²) in [6.45, 7) is 4.29. The molecule has 0 aliphatic heterocycles. The van der Waals surface area contributed by atoms with Gasteiger partial charge >= 0.3 is 0 Å². The molecule has 1 aliphatic rings. The summed E-state index contributed by atoms with van der Waals surface area (Å²) in [7, 11) is 1.91. The Morgan fingerprint density at radius 1 is 1.42 bits per heavy atom. The molecule has 1 heterocycles. The van der Waals surface area contributed by atoms with Gasteiger partial charge < -0.3 is 5.11 Å². The zero-order valence-electron chi connectivity index (χ0n) is 12.2. The highest BCUT2D eigenvalue weighted by Gasteiger charge is 2.30. The maximum atomic E-state index is 10.4. The lowest BCUT2D eigenvalue weighted by atomic mass is 9.95. The molecule has 1 aromatic heterocycles. The van der Waals surface area contributed by atoms with E-state index >= 15 is 0 Å². The fourth-order valence-corrected chi connectivity index (χ4v) is 3.61. The number of nitrogens with zero attached hydrogens (tertiary/aromatic N) is 2. The number of hydrogen-bond acceptors (Lipinski definition) is 2. The predicted octanol–water partition coefficient (Wildman–Crippen LogP) is 3.37. The summed E-state index contributed by atoms with van der Waals surface area (Å²) in [5, 5.41) is 15.6. The molecule has 108 valence electrons. The smallest absolute Gasteiger partial charge is 0.0850 e. The van der Waals surface area contributed by atoms with Gasteiger partial charge in [0.1, 0.15) is 0 Å². The molecule has 0 saturated heterocycles. The van der Waals surface area contributed by atoms with Crippen molar-refractivity contribution in [1.82, 2.24) is 9.78 Å². The summed E-state index contributed by atoms with van der Waals surface area (Å²) in [5.74, 6) is 1.23. The van der Waals surface area contributed by atoms with E-state index in [9.17, 15) is 5.11 Å². The molecule has 3 unspecified atom stereocenters. The summed E-state index contributed by atoms with van der Waals surface area (Å²) in [5.41, 5.74) is 1.91. The van der Waals surface area contributed by atoms with E-state index in [4.69, 9.17) is 11.6 Å². The van der Waals surface area contributed by atoms with Crippen molar-refractivity contribution in [3.05, 3.63) is 16.4 Å². The number of aromatic nitrogens is 2. The van der Waals surface area contributed by atoms with Gasteiger partial charge in [0.25, 0.3) is 0 Å².